The number of hydrogen-bond acceptors (Lipinski definition) is 3. The Hall–Kier alpha value is -2.91. The number of nitrogens with one attached hydrogen (secondary N) is 1. The van der Waals surface area contributed by atoms with Crippen LogP contribution >= 0.6 is 15.9 Å². The summed E-state index contributed by atoms with van der Waals surface area (Å²) in [6, 6.07) is 14.7. The molecule has 23 heavy (non-hydrogen) atoms. The second kappa shape index (κ2) is 7.38. The van der Waals surface area contributed by atoms with Gasteiger partial charge in [-0.15, -0.1) is 0 Å². The third-order valence-electron chi connectivity index (χ3n) is 2.94. The fourth-order valence-electron chi connectivity index (χ4n) is 1.77. The Bertz CT molecular complexity index is 803. The maximum atomic E-state index is 12.1. The lowest BCUT2D eigenvalue weighted by Gasteiger charge is -2.04. The quantitative estimate of drug-likeness (QED) is 0.634. The Labute approximate surface area is 141 Å². The van der Waals surface area contributed by atoms with Crippen LogP contribution in [0.5, 0.6) is 0 Å². The molecule has 0 bridgehead atoms. The summed E-state index contributed by atoms with van der Waals surface area (Å²) in [7, 11) is 0. The van der Waals surface area contributed by atoms with E-state index in [-0.39, 0.29) is 11.1 Å². The fraction of sp³-hybridized carbons (Fsp3) is 0. The van der Waals surface area contributed by atoms with Crippen LogP contribution in [0.15, 0.2) is 58.6 Å². The summed E-state index contributed by atoms with van der Waals surface area (Å²) in [4.78, 5) is 22.9. The zero-order chi connectivity index (χ0) is 16.8. The van der Waals surface area contributed by atoms with Crippen LogP contribution in [0.1, 0.15) is 15.9 Å². The van der Waals surface area contributed by atoms with Crippen LogP contribution in [0.2, 0.25) is 0 Å². The molecule has 0 saturated heterocycles. The fourth-order valence-corrected chi connectivity index (χ4v) is 2.03. The minimum Gasteiger partial charge on any atom is -0.478 e. The van der Waals surface area contributed by atoms with Gasteiger partial charge < -0.3 is 10.4 Å². The van der Waals surface area contributed by atoms with E-state index in [2.05, 4.69) is 21.2 Å². The number of carboxylic acids is 1. The maximum absolute atomic E-state index is 12.1. The number of carboxylic acid groups (broad SMARTS) is 1. The second-order valence-electron chi connectivity index (χ2n) is 4.56. The molecule has 0 saturated carbocycles. The first-order chi connectivity index (χ1) is 11.0. The van der Waals surface area contributed by atoms with Gasteiger partial charge in [-0.05, 0) is 48.0 Å². The van der Waals surface area contributed by atoms with Crippen molar-refractivity contribution in [3.8, 4) is 6.07 Å². The van der Waals surface area contributed by atoms with Crippen LogP contribution < -0.4 is 5.32 Å². The highest BCUT2D eigenvalue weighted by atomic mass is 79.9. The van der Waals surface area contributed by atoms with Gasteiger partial charge >= 0.3 is 5.97 Å². The lowest BCUT2D eigenvalue weighted by atomic mass is 10.1. The molecular formula is C17H11BrN2O3. The van der Waals surface area contributed by atoms with Crippen LogP contribution in [-0.4, -0.2) is 17.0 Å². The SMILES string of the molecule is N#C/C(=C/c1ccc(C(=O)O)cc1)C(=O)Nc1ccc(Br)cc1. The Morgan fingerprint density at radius 3 is 2.22 bits per heavy atom. The van der Waals surface area contributed by atoms with Crippen molar-refractivity contribution in [2.45, 2.75) is 0 Å². The van der Waals surface area contributed by atoms with Crippen LogP contribution in [0, 0.1) is 11.3 Å². The Balaban J connectivity index is 2.17. The van der Waals surface area contributed by atoms with Gasteiger partial charge in [-0.1, -0.05) is 28.1 Å². The van der Waals surface area contributed by atoms with Crippen molar-refractivity contribution in [2.24, 2.45) is 0 Å². The van der Waals surface area contributed by atoms with Gasteiger partial charge in [0.15, 0.2) is 0 Å². The van der Waals surface area contributed by atoms with E-state index in [0.717, 1.165) is 4.47 Å². The third-order valence-corrected chi connectivity index (χ3v) is 3.46. The number of rotatable bonds is 4. The van der Waals surface area contributed by atoms with Gasteiger partial charge in [-0.3, -0.25) is 4.79 Å². The minimum absolute atomic E-state index is 0.0732. The lowest BCUT2D eigenvalue weighted by molar-refractivity contribution is -0.112. The van der Waals surface area contributed by atoms with Crippen molar-refractivity contribution in [2.75, 3.05) is 5.32 Å². The molecule has 5 nitrogen and oxygen atoms in total. The minimum atomic E-state index is -1.03. The number of hydrogen-bond donors (Lipinski definition) is 2. The van der Waals surface area contributed by atoms with Crippen molar-refractivity contribution in [1.29, 1.82) is 5.26 Å². The highest BCUT2D eigenvalue weighted by Gasteiger charge is 2.10. The second-order valence-corrected chi connectivity index (χ2v) is 5.47. The molecule has 114 valence electrons. The molecule has 2 aromatic carbocycles. The molecule has 2 rings (SSSR count). The van der Waals surface area contributed by atoms with Gasteiger partial charge in [0.2, 0.25) is 0 Å². The summed E-state index contributed by atoms with van der Waals surface area (Å²) in [6.07, 6.45) is 1.40. The number of aromatic carboxylic acids is 1. The van der Waals surface area contributed by atoms with Crippen LogP contribution in [-0.2, 0) is 4.79 Å². The molecule has 2 N–H and O–H groups in total. The summed E-state index contributed by atoms with van der Waals surface area (Å²) in [6.45, 7) is 0. The Morgan fingerprint density at radius 1 is 1.09 bits per heavy atom. The van der Waals surface area contributed by atoms with Crippen LogP contribution in [0.4, 0.5) is 5.69 Å². The van der Waals surface area contributed by atoms with Gasteiger partial charge in [0.05, 0.1) is 5.56 Å². The predicted octanol–water partition coefficient (Wildman–Crippen LogP) is 3.69. The zero-order valence-corrected chi connectivity index (χ0v) is 13.4. The van der Waals surface area contributed by atoms with Crippen LogP contribution in [0.3, 0.4) is 0 Å². The number of nitrogens with zero attached hydrogens (tertiary/aromatic N) is 1. The van der Waals surface area contributed by atoms with Crippen molar-refractivity contribution in [3.63, 3.8) is 0 Å². The number of amides is 1. The first-order valence-corrected chi connectivity index (χ1v) is 7.31. The maximum Gasteiger partial charge on any atom is 0.335 e. The van der Waals surface area contributed by atoms with E-state index >= 15 is 0 Å². The topological polar surface area (TPSA) is 90.2 Å². The highest BCUT2D eigenvalue weighted by Crippen LogP contribution is 2.16. The molecular weight excluding hydrogens is 360 g/mol. The summed E-state index contributed by atoms with van der Waals surface area (Å²) < 4.78 is 0.880. The average Bonchev–Trinajstić information content (AvgIpc) is 2.55. The zero-order valence-electron chi connectivity index (χ0n) is 11.8. The first kappa shape index (κ1) is 16.5. The smallest absolute Gasteiger partial charge is 0.335 e. The van der Waals surface area contributed by atoms with E-state index < -0.39 is 11.9 Å². The molecule has 0 fully saturated rings. The number of carbonyl (C=O) groups excluding carboxylic acids is 1. The normalized spacial score (nSPS) is 10.7. The van der Waals surface area contributed by atoms with E-state index in [0.29, 0.717) is 11.3 Å². The Morgan fingerprint density at radius 2 is 1.70 bits per heavy atom. The van der Waals surface area contributed by atoms with E-state index in [4.69, 9.17) is 10.4 Å². The van der Waals surface area contributed by atoms with E-state index in [9.17, 15) is 9.59 Å². The molecule has 0 spiro atoms. The van der Waals surface area contributed by atoms with E-state index in [1.165, 1.54) is 30.3 Å². The standard InChI is InChI=1S/C17H11BrN2O3/c18-14-5-7-15(8-6-14)20-16(21)13(10-19)9-11-1-3-12(4-2-11)17(22)23/h1-9H,(H,20,21)(H,22,23)/b13-9-. The van der Waals surface area contributed by atoms with Gasteiger partial charge in [-0.25, -0.2) is 4.79 Å². The lowest BCUT2D eigenvalue weighted by Crippen LogP contribution is -2.13. The third kappa shape index (κ3) is 4.53. The summed E-state index contributed by atoms with van der Waals surface area (Å²) in [5, 5.41) is 20.6. The van der Waals surface area contributed by atoms with Gasteiger partial charge in [0.25, 0.3) is 5.91 Å². The summed E-state index contributed by atoms with van der Waals surface area (Å²) in [5.74, 6) is -1.56. The molecule has 0 aliphatic rings. The van der Waals surface area contributed by atoms with Gasteiger partial charge in [0, 0.05) is 10.2 Å². The van der Waals surface area contributed by atoms with Gasteiger partial charge in [0.1, 0.15) is 11.6 Å². The van der Waals surface area contributed by atoms with Crippen molar-refractivity contribution >= 4 is 39.6 Å². The summed E-state index contributed by atoms with van der Waals surface area (Å²) >= 11 is 3.30. The van der Waals surface area contributed by atoms with Crippen molar-refractivity contribution < 1.29 is 14.7 Å². The highest BCUT2D eigenvalue weighted by molar-refractivity contribution is 9.10. The molecule has 2 aromatic rings. The van der Waals surface area contributed by atoms with Gasteiger partial charge in [-0.2, -0.15) is 5.26 Å². The number of anilines is 1. The molecule has 0 atom stereocenters. The molecule has 6 heteroatoms. The van der Waals surface area contributed by atoms with Crippen molar-refractivity contribution in [3.05, 3.63) is 69.7 Å². The molecule has 0 aromatic heterocycles. The monoisotopic (exact) mass is 370 g/mol. The summed E-state index contributed by atoms with van der Waals surface area (Å²) in [5.41, 5.74) is 1.20. The van der Waals surface area contributed by atoms with Crippen molar-refractivity contribution in [1.82, 2.24) is 0 Å². The molecule has 0 unspecified atom stereocenters. The molecule has 0 heterocycles. The number of benzene rings is 2. The first-order valence-electron chi connectivity index (χ1n) is 6.51. The predicted molar refractivity (Wildman–Crippen MR) is 89.8 cm³/mol. The average molecular weight is 371 g/mol. The molecule has 0 aliphatic carbocycles. The Kier molecular flexibility index (Phi) is 5.28. The van der Waals surface area contributed by atoms with Crippen LogP contribution in [0.25, 0.3) is 6.08 Å². The molecule has 0 aliphatic heterocycles. The number of nitriles is 1. The largest absolute Gasteiger partial charge is 0.478 e. The van der Waals surface area contributed by atoms with E-state index in [1.807, 2.05) is 6.07 Å². The van der Waals surface area contributed by atoms with E-state index in [1.54, 1.807) is 24.3 Å². The number of halogens is 1. The molecule has 1 amide bonds. The molecule has 0 radical (unpaired) electrons. The number of carbonyl (C=O) groups is 2.